The predicted octanol–water partition coefficient (Wildman–Crippen LogP) is 5.32. The van der Waals surface area contributed by atoms with Gasteiger partial charge in [0.1, 0.15) is 18.2 Å². The highest BCUT2D eigenvalue weighted by atomic mass is 19.1. The second-order valence-electron chi connectivity index (χ2n) is 11.2. The number of ether oxygens (including phenoxy) is 1. The number of likely N-dealkylation sites (tertiary alicyclic amines) is 1. The second kappa shape index (κ2) is 11.3. The molecule has 0 unspecified atom stereocenters. The number of hydrogen-bond acceptors (Lipinski definition) is 5. The van der Waals surface area contributed by atoms with Crippen molar-refractivity contribution in [3.63, 3.8) is 0 Å². The maximum atomic E-state index is 14.3. The lowest BCUT2D eigenvalue weighted by atomic mass is 9.60. The standard InChI is InChI=1S/C29H38F2N4O2/c30-24-17-27(25(31)16-26(24)32)35-12-7-21(8-13-35)6-11-34-14-9-29(10-15-34)18-23(19-29)33-28(36)37-20-22-4-2-1-3-5-22/h1-5,16-17,21,23H,6-15,18-20,32H2,(H,33,36). The Bertz CT molecular complexity index is 1060. The third kappa shape index (κ3) is 6.35. The number of nitrogens with one attached hydrogen (secondary N) is 1. The number of anilines is 2. The van der Waals surface area contributed by atoms with Gasteiger partial charge in [-0.2, -0.15) is 0 Å². The van der Waals surface area contributed by atoms with Crippen molar-refractivity contribution in [1.82, 2.24) is 10.2 Å². The van der Waals surface area contributed by atoms with Gasteiger partial charge < -0.3 is 25.6 Å². The fourth-order valence-corrected chi connectivity index (χ4v) is 6.30. The second-order valence-corrected chi connectivity index (χ2v) is 11.2. The average molecular weight is 513 g/mol. The number of carbonyl (C=O) groups excluding carboxylic acids is 1. The number of amides is 1. The van der Waals surface area contributed by atoms with Gasteiger partial charge in [-0.25, -0.2) is 13.6 Å². The van der Waals surface area contributed by atoms with Crippen LogP contribution in [0.15, 0.2) is 42.5 Å². The predicted molar refractivity (Wildman–Crippen MR) is 141 cm³/mol. The van der Waals surface area contributed by atoms with Crippen LogP contribution in [0.1, 0.15) is 50.5 Å². The van der Waals surface area contributed by atoms with Crippen molar-refractivity contribution < 1.29 is 18.3 Å². The topological polar surface area (TPSA) is 70.8 Å². The van der Waals surface area contributed by atoms with Crippen LogP contribution in [0.5, 0.6) is 0 Å². The Kier molecular flexibility index (Phi) is 7.84. The number of halogens is 2. The SMILES string of the molecule is Nc1cc(F)c(N2CCC(CCN3CCC4(CC3)CC(NC(=O)OCc3ccccc3)C4)CC2)cc1F. The molecule has 5 rings (SSSR count). The van der Waals surface area contributed by atoms with Gasteiger partial charge in [-0.05, 0) is 81.5 Å². The van der Waals surface area contributed by atoms with E-state index in [1.54, 1.807) is 0 Å². The summed E-state index contributed by atoms with van der Waals surface area (Å²) in [6.45, 7) is 5.11. The molecule has 1 saturated carbocycles. The molecule has 6 nitrogen and oxygen atoms in total. The molecule has 0 aromatic heterocycles. The molecule has 200 valence electrons. The smallest absolute Gasteiger partial charge is 0.407 e. The van der Waals surface area contributed by atoms with Crippen LogP contribution >= 0.6 is 0 Å². The molecule has 3 aliphatic rings. The first-order chi connectivity index (χ1) is 17.9. The zero-order valence-corrected chi connectivity index (χ0v) is 21.4. The number of piperidine rings is 2. The number of nitrogens with two attached hydrogens (primary N) is 1. The van der Waals surface area contributed by atoms with Gasteiger partial charge in [-0.3, -0.25) is 0 Å². The van der Waals surface area contributed by atoms with E-state index >= 15 is 0 Å². The lowest BCUT2D eigenvalue weighted by Gasteiger charge is -2.52. The third-order valence-corrected chi connectivity index (χ3v) is 8.69. The van der Waals surface area contributed by atoms with Crippen LogP contribution in [0.25, 0.3) is 0 Å². The van der Waals surface area contributed by atoms with E-state index in [4.69, 9.17) is 10.5 Å². The number of hydrogen-bond donors (Lipinski definition) is 2. The van der Waals surface area contributed by atoms with E-state index in [1.165, 1.54) is 18.9 Å². The van der Waals surface area contributed by atoms with Crippen molar-refractivity contribution >= 4 is 17.5 Å². The van der Waals surface area contributed by atoms with Crippen molar-refractivity contribution in [2.75, 3.05) is 43.4 Å². The van der Waals surface area contributed by atoms with Crippen LogP contribution in [-0.2, 0) is 11.3 Å². The Balaban J connectivity index is 0.967. The van der Waals surface area contributed by atoms with Gasteiger partial charge in [0.2, 0.25) is 0 Å². The van der Waals surface area contributed by atoms with Crippen molar-refractivity contribution in [2.45, 2.75) is 57.6 Å². The minimum Gasteiger partial charge on any atom is -0.445 e. The van der Waals surface area contributed by atoms with Crippen LogP contribution in [0.4, 0.5) is 25.0 Å². The molecule has 3 N–H and O–H groups in total. The van der Waals surface area contributed by atoms with Crippen LogP contribution in [0.2, 0.25) is 0 Å². The van der Waals surface area contributed by atoms with Crippen LogP contribution < -0.4 is 16.0 Å². The highest BCUT2D eigenvalue weighted by Gasteiger charge is 2.46. The fraction of sp³-hybridized carbons (Fsp3) is 0.552. The quantitative estimate of drug-likeness (QED) is 0.491. The van der Waals surface area contributed by atoms with Crippen molar-refractivity contribution in [3.05, 3.63) is 59.7 Å². The monoisotopic (exact) mass is 512 g/mol. The Labute approximate surface area is 218 Å². The van der Waals surface area contributed by atoms with E-state index in [2.05, 4.69) is 10.2 Å². The highest BCUT2D eigenvalue weighted by Crippen LogP contribution is 2.49. The van der Waals surface area contributed by atoms with E-state index in [9.17, 15) is 13.6 Å². The van der Waals surface area contributed by atoms with Gasteiger partial charge in [0, 0.05) is 31.3 Å². The number of benzene rings is 2. The first kappa shape index (κ1) is 25.8. The number of rotatable bonds is 7. The molecular weight excluding hydrogens is 474 g/mol. The van der Waals surface area contributed by atoms with Gasteiger partial charge in [-0.1, -0.05) is 30.3 Å². The van der Waals surface area contributed by atoms with Gasteiger partial charge in [0.05, 0.1) is 11.4 Å². The third-order valence-electron chi connectivity index (χ3n) is 8.69. The molecular formula is C29H38F2N4O2. The Morgan fingerprint density at radius 1 is 1.03 bits per heavy atom. The van der Waals surface area contributed by atoms with Gasteiger partial charge in [0.15, 0.2) is 0 Å². The van der Waals surface area contributed by atoms with Crippen LogP contribution in [-0.4, -0.2) is 49.8 Å². The van der Waals surface area contributed by atoms with Crippen LogP contribution in [0.3, 0.4) is 0 Å². The van der Waals surface area contributed by atoms with Crippen molar-refractivity contribution in [1.29, 1.82) is 0 Å². The van der Waals surface area contributed by atoms with E-state index in [0.717, 1.165) is 76.5 Å². The first-order valence-electron chi connectivity index (χ1n) is 13.6. The van der Waals surface area contributed by atoms with Crippen LogP contribution in [0, 0.1) is 23.0 Å². The number of alkyl carbamates (subject to hydrolysis) is 1. The lowest BCUT2D eigenvalue weighted by molar-refractivity contribution is 0.00376. The van der Waals surface area contributed by atoms with E-state index in [0.29, 0.717) is 23.6 Å². The molecule has 3 fully saturated rings. The minimum atomic E-state index is -0.557. The molecule has 37 heavy (non-hydrogen) atoms. The molecule has 1 amide bonds. The summed E-state index contributed by atoms with van der Waals surface area (Å²) in [6, 6.07) is 12.3. The Hall–Kier alpha value is -2.87. The molecule has 1 spiro atoms. The van der Waals surface area contributed by atoms with Crippen molar-refractivity contribution in [2.24, 2.45) is 11.3 Å². The maximum Gasteiger partial charge on any atom is 0.407 e. The van der Waals surface area contributed by atoms with Gasteiger partial charge in [-0.15, -0.1) is 0 Å². The molecule has 2 heterocycles. The zero-order valence-electron chi connectivity index (χ0n) is 21.4. The summed E-state index contributed by atoms with van der Waals surface area (Å²) in [6.07, 6.45) is 7.28. The minimum absolute atomic E-state index is 0.144. The van der Waals surface area contributed by atoms with E-state index in [-0.39, 0.29) is 17.8 Å². The number of carbonyl (C=O) groups is 1. The summed E-state index contributed by atoms with van der Waals surface area (Å²) in [7, 11) is 0. The van der Waals surface area contributed by atoms with Crippen molar-refractivity contribution in [3.8, 4) is 0 Å². The molecule has 2 aliphatic heterocycles. The molecule has 2 aromatic carbocycles. The summed E-state index contributed by atoms with van der Waals surface area (Å²) in [5.41, 5.74) is 7.02. The lowest BCUT2D eigenvalue weighted by Crippen LogP contribution is -2.55. The number of nitrogens with zero attached hydrogens (tertiary/aromatic N) is 2. The van der Waals surface area contributed by atoms with E-state index < -0.39 is 11.6 Å². The maximum absolute atomic E-state index is 14.3. The summed E-state index contributed by atoms with van der Waals surface area (Å²) >= 11 is 0. The largest absolute Gasteiger partial charge is 0.445 e. The van der Waals surface area contributed by atoms with Gasteiger partial charge >= 0.3 is 6.09 Å². The molecule has 8 heteroatoms. The highest BCUT2D eigenvalue weighted by molar-refractivity contribution is 5.67. The molecule has 0 atom stereocenters. The summed E-state index contributed by atoms with van der Waals surface area (Å²) < 4.78 is 33.4. The Morgan fingerprint density at radius 3 is 2.43 bits per heavy atom. The van der Waals surface area contributed by atoms with E-state index in [1.807, 2.05) is 35.2 Å². The average Bonchev–Trinajstić information content (AvgIpc) is 2.89. The fourth-order valence-electron chi connectivity index (χ4n) is 6.30. The molecule has 2 saturated heterocycles. The summed E-state index contributed by atoms with van der Waals surface area (Å²) in [5, 5.41) is 3.03. The summed E-state index contributed by atoms with van der Waals surface area (Å²) in [4.78, 5) is 16.7. The molecule has 0 bridgehead atoms. The Morgan fingerprint density at radius 2 is 1.73 bits per heavy atom. The normalized spacial score (nSPS) is 20.5. The summed E-state index contributed by atoms with van der Waals surface area (Å²) in [5.74, 6) is -0.386. The zero-order chi connectivity index (χ0) is 25.8. The first-order valence-corrected chi connectivity index (χ1v) is 13.6. The van der Waals surface area contributed by atoms with Gasteiger partial charge in [0.25, 0.3) is 0 Å². The molecule has 0 radical (unpaired) electrons. The molecule has 1 aliphatic carbocycles. The molecule has 2 aromatic rings. The number of nitrogen functional groups attached to an aromatic ring is 1.